The van der Waals surface area contributed by atoms with Crippen molar-refractivity contribution in [3.05, 3.63) is 69.7 Å². The molecule has 0 unspecified atom stereocenters. The van der Waals surface area contributed by atoms with E-state index in [9.17, 15) is 10.2 Å². The van der Waals surface area contributed by atoms with Crippen LogP contribution in [-0.4, -0.2) is 21.8 Å². The Morgan fingerprint density at radius 2 is 1.52 bits per heavy atom. The molecule has 4 rings (SSSR count). The van der Waals surface area contributed by atoms with Crippen LogP contribution in [0.15, 0.2) is 74.2 Å². The van der Waals surface area contributed by atoms with E-state index in [1.54, 1.807) is 6.20 Å². The number of aromatic nitrogens is 1. The molecular formula is C23H17Br2NO5. The van der Waals surface area contributed by atoms with Gasteiger partial charge in [0, 0.05) is 10.0 Å². The lowest BCUT2D eigenvalue weighted by atomic mass is 10.2. The van der Waals surface area contributed by atoms with E-state index in [-0.39, 0.29) is 11.5 Å². The molecule has 0 saturated heterocycles. The molecule has 0 fully saturated rings. The first-order valence-electron chi connectivity index (χ1n) is 9.33. The van der Waals surface area contributed by atoms with Crippen molar-refractivity contribution >= 4 is 31.9 Å². The summed E-state index contributed by atoms with van der Waals surface area (Å²) in [5.41, 5.74) is 1.32. The maximum absolute atomic E-state index is 9.89. The van der Waals surface area contributed by atoms with E-state index in [0.717, 1.165) is 11.3 Å². The molecule has 0 amide bonds. The maximum atomic E-state index is 9.89. The first kappa shape index (κ1) is 21.3. The Labute approximate surface area is 195 Å². The highest BCUT2D eigenvalue weighted by molar-refractivity contribution is 9.13. The van der Waals surface area contributed by atoms with Crippen molar-refractivity contribution in [2.24, 2.45) is 0 Å². The summed E-state index contributed by atoms with van der Waals surface area (Å²) in [6.07, 6.45) is 1.60. The van der Waals surface area contributed by atoms with Crippen molar-refractivity contribution < 1.29 is 24.1 Å². The van der Waals surface area contributed by atoms with Crippen LogP contribution in [0.2, 0.25) is 0 Å². The van der Waals surface area contributed by atoms with E-state index in [1.165, 1.54) is 6.07 Å². The number of phenols is 2. The summed E-state index contributed by atoms with van der Waals surface area (Å²) in [6.45, 7) is 2.56. The Morgan fingerprint density at radius 1 is 0.903 bits per heavy atom. The predicted molar refractivity (Wildman–Crippen MR) is 124 cm³/mol. The van der Waals surface area contributed by atoms with Crippen LogP contribution in [0.4, 0.5) is 0 Å². The van der Waals surface area contributed by atoms with Crippen LogP contribution in [0, 0.1) is 0 Å². The molecule has 2 N–H and O–H groups in total. The van der Waals surface area contributed by atoms with Crippen LogP contribution < -0.4 is 9.47 Å². The lowest BCUT2D eigenvalue weighted by Crippen LogP contribution is -1.91. The molecule has 31 heavy (non-hydrogen) atoms. The summed E-state index contributed by atoms with van der Waals surface area (Å²) in [6, 6.07) is 16.2. The SMILES string of the molecule is CCOc1ccc(Oc2ccc(-c3cnc(-c4cc(O)c(O)c(Br)c4Br)o3)cc2)cc1. The van der Waals surface area contributed by atoms with Crippen molar-refractivity contribution in [3.63, 3.8) is 0 Å². The highest BCUT2D eigenvalue weighted by atomic mass is 79.9. The molecule has 0 aliphatic heterocycles. The number of aromatic hydroxyl groups is 2. The van der Waals surface area contributed by atoms with Gasteiger partial charge in [0.2, 0.25) is 5.89 Å². The Kier molecular flexibility index (Phi) is 6.20. The second kappa shape index (κ2) is 9.03. The maximum Gasteiger partial charge on any atom is 0.228 e. The molecule has 0 aliphatic rings. The van der Waals surface area contributed by atoms with Crippen molar-refractivity contribution in [1.82, 2.24) is 4.98 Å². The summed E-state index contributed by atoms with van der Waals surface area (Å²) < 4.78 is 18.0. The molecule has 0 spiro atoms. The first-order chi connectivity index (χ1) is 15.0. The summed E-state index contributed by atoms with van der Waals surface area (Å²) in [4.78, 5) is 4.30. The monoisotopic (exact) mass is 545 g/mol. The Bertz CT molecular complexity index is 1200. The minimum Gasteiger partial charge on any atom is -0.504 e. The number of ether oxygens (including phenoxy) is 2. The third kappa shape index (κ3) is 4.55. The van der Waals surface area contributed by atoms with Crippen molar-refractivity contribution in [1.29, 1.82) is 0 Å². The summed E-state index contributed by atoms with van der Waals surface area (Å²) in [7, 11) is 0. The van der Waals surface area contributed by atoms with Gasteiger partial charge in [0.05, 0.1) is 22.8 Å². The molecule has 0 radical (unpaired) electrons. The zero-order valence-electron chi connectivity index (χ0n) is 16.3. The van der Waals surface area contributed by atoms with Gasteiger partial charge in [-0.05, 0) is 93.4 Å². The zero-order chi connectivity index (χ0) is 22.0. The van der Waals surface area contributed by atoms with Gasteiger partial charge in [-0.2, -0.15) is 0 Å². The highest BCUT2D eigenvalue weighted by Gasteiger charge is 2.19. The molecule has 4 aromatic rings. The number of oxazole rings is 1. The topological polar surface area (TPSA) is 85.0 Å². The molecule has 6 nitrogen and oxygen atoms in total. The van der Waals surface area contributed by atoms with E-state index < -0.39 is 0 Å². The number of phenolic OH excluding ortho intramolecular Hbond substituents is 2. The fourth-order valence-corrected chi connectivity index (χ4v) is 3.77. The fraction of sp³-hybridized carbons (Fsp3) is 0.0870. The van der Waals surface area contributed by atoms with Gasteiger partial charge in [0.25, 0.3) is 0 Å². The smallest absolute Gasteiger partial charge is 0.228 e. The van der Waals surface area contributed by atoms with Crippen LogP contribution in [0.1, 0.15) is 6.92 Å². The number of hydrogen-bond donors (Lipinski definition) is 2. The van der Waals surface area contributed by atoms with Gasteiger partial charge in [-0.1, -0.05) is 0 Å². The highest BCUT2D eigenvalue weighted by Crippen LogP contribution is 2.45. The van der Waals surface area contributed by atoms with Gasteiger partial charge >= 0.3 is 0 Å². The molecule has 158 valence electrons. The van der Waals surface area contributed by atoms with Crippen LogP contribution in [-0.2, 0) is 0 Å². The molecular weight excluding hydrogens is 530 g/mol. The van der Waals surface area contributed by atoms with E-state index >= 15 is 0 Å². The summed E-state index contributed by atoms with van der Waals surface area (Å²) >= 11 is 6.61. The number of halogens is 2. The van der Waals surface area contributed by atoms with Gasteiger partial charge in [0.15, 0.2) is 17.3 Å². The van der Waals surface area contributed by atoms with Gasteiger partial charge in [-0.25, -0.2) is 4.98 Å². The van der Waals surface area contributed by atoms with Crippen LogP contribution >= 0.6 is 31.9 Å². The lowest BCUT2D eigenvalue weighted by molar-refractivity contribution is 0.339. The third-order valence-corrected chi connectivity index (χ3v) is 6.53. The lowest BCUT2D eigenvalue weighted by Gasteiger charge is -2.08. The minimum atomic E-state index is -0.277. The first-order valence-corrected chi connectivity index (χ1v) is 10.9. The fourth-order valence-electron chi connectivity index (χ4n) is 2.88. The Balaban J connectivity index is 1.52. The van der Waals surface area contributed by atoms with E-state index in [1.807, 2.05) is 55.5 Å². The van der Waals surface area contributed by atoms with Crippen LogP contribution in [0.3, 0.4) is 0 Å². The molecule has 0 atom stereocenters. The number of hydrogen-bond acceptors (Lipinski definition) is 6. The number of benzene rings is 3. The Morgan fingerprint density at radius 3 is 2.16 bits per heavy atom. The zero-order valence-corrected chi connectivity index (χ0v) is 19.5. The minimum absolute atomic E-state index is 0.259. The van der Waals surface area contributed by atoms with Gasteiger partial charge < -0.3 is 24.1 Å². The van der Waals surface area contributed by atoms with E-state index in [2.05, 4.69) is 36.8 Å². The summed E-state index contributed by atoms with van der Waals surface area (Å²) in [5.74, 6) is 2.51. The quantitative estimate of drug-likeness (QED) is 0.250. The summed E-state index contributed by atoms with van der Waals surface area (Å²) in [5, 5.41) is 19.7. The van der Waals surface area contributed by atoms with Crippen molar-refractivity contribution in [2.45, 2.75) is 6.92 Å². The molecule has 3 aromatic carbocycles. The van der Waals surface area contributed by atoms with E-state index in [0.29, 0.717) is 44.3 Å². The molecule has 0 bridgehead atoms. The van der Waals surface area contributed by atoms with Gasteiger partial charge in [-0.15, -0.1) is 0 Å². The second-order valence-corrected chi connectivity index (χ2v) is 8.07. The number of rotatable bonds is 6. The molecule has 1 heterocycles. The van der Waals surface area contributed by atoms with Gasteiger partial charge in [-0.3, -0.25) is 0 Å². The normalized spacial score (nSPS) is 10.8. The Hall–Kier alpha value is -2.97. The molecule has 8 heteroatoms. The van der Waals surface area contributed by atoms with Gasteiger partial charge in [0.1, 0.15) is 17.2 Å². The molecule has 0 aliphatic carbocycles. The predicted octanol–water partition coefficient (Wildman–Crippen LogP) is 7.14. The standard InChI is InChI=1S/C23H17Br2NO5/c1-2-29-14-7-9-16(10-8-14)30-15-5-3-13(4-6-15)19-12-26-23(31-19)17-11-18(27)22(28)21(25)20(17)24/h3-12,27-28H,2H2,1H3. The second-order valence-electron chi connectivity index (χ2n) is 6.48. The van der Waals surface area contributed by atoms with E-state index in [4.69, 9.17) is 13.9 Å². The molecule has 0 saturated carbocycles. The van der Waals surface area contributed by atoms with Crippen LogP contribution in [0.5, 0.6) is 28.7 Å². The van der Waals surface area contributed by atoms with Crippen molar-refractivity contribution in [2.75, 3.05) is 6.61 Å². The van der Waals surface area contributed by atoms with Crippen LogP contribution in [0.25, 0.3) is 22.8 Å². The largest absolute Gasteiger partial charge is 0.504 e. The average molecular weight is 547 g/mol. The average Bonchev–Trinajstić information content (AvgIpc) is 3.27. The number of nitrogens with zero attached hydrogens (tertiary/aromatic N) is 1. The third-order valence-electron chi connectivity index (χ3n) is 4.41. The van der Waals surface area contributed by atoms with Crippen molar-refractivity contribution in [3.8, 4) is 51.5 Å². The molecule has 1 aromatic heterocycles.